The summed E-state index contributed by atoms with van der Waals surface area (Å²) < 4.78 is 21.1. The van der Waals surface area contributed by atoms with Crippen LogP contribution in [0.1, 0.15) is 18.1 Å². The van der Waals surface area contributed by atoms with Crippen molar-refractivity contribution in [1.29, 1.82) is 4.78 Å². The minimum atomic E-state index is -3.11. The minimum Gasteiger partial charge on any atom is -0.383 e. The highest BCUT2D eigenvalue weighted by Crippen LogP contribution is 2.32. The van der Waals surface area contributed by atoms with E-state index < -0.39 is 9.73 Å². The summed E-state index contributed by atoms with van der Waals surface area (Å²) >= 11 is 3.37. The lowest BCUT2D eigenvalue weighted by Gasteiger charge is -2.17. The van der Waals surface area contributed by atoms with Crippen LogP contribution in [0.4, 0.5) is 11.6 Å². The normalized spacial score (nSPS) is 16.1. The van der Waals surface area contributed by atoms with Crippen molar-refractivity contribution >= 4 is 43.2 Å². The minimum absolute atomic E-state index is 0.0892. The molecule has 1 aromatic heterocycles. The van der Waals surface area contributed by atoms with Gasteiger partial charge < -0.3 is 5.73 Å². The third-order valence-corrected chi connectivity index (χ3v) is 5.95. The summed E-state index contributed by atoms with van der Waals surface area (Å²) in [7, 11) is -3.11. The average Bonchev–Trinajstić information content (AvgIpc) is 2.86. The summed E-state index contributed by atoms with van der Waals surface area (Å²) in [6, 6.07) is 7.59. The fourth-order valence-electron chi connectivity index (χ4n) is 2.44. The Morgan fingerprint density at radius 3 is 2.62 bits per heavy atom. The van der Waals surface area contributed by atoms with Gasteiger partial charge in [0.05, 0.1) is 13.0 Å². The number of hydrogen-bond donors (Lipinski definition) is 2. The number of carbonyl (C=O) groups is 1. The molecule has 0 spiro atoms. The van der Waals surface area contributed by atoms with Crippen LogP contribution in [0.25, 0.3) is 0 Å². The largest absolute Gasteiger partial charge is 0.383 e. The van der Waals surface area contributed by atoms with Crippen molar-refractivity contribution in [2.75, 3.05) is 16.4 Å². The van der Waals surface area contributed by atoms with E-state index in [0.29, 0.717) is 17.9 Å². The standard InChI is InChI=1S/C15H16BrN5O2S/c1-2-24(18,23)15-19-13(17)11-7-12(22)21(14(11)20-15)8-9-3-5-10(16)6-4-9/h3-6,18H,2,7-8H2,1H3,(H2,17,19,20). The van der Waals surface area contributed by atoms with Crippen LogP contribution < -0.4 is 10.6 Å². The predicted molar refractivity (Wildman–Crippen MR) is 95.1 cm³/mol. The first-order valence-corrected chi connectivity index (χ1v) is 9.81. The fraction of sp³-hybridized carbons (Fsp3) is 0.267. The van der Waals surface area contributed by atoms with Crippen molar-refractivity contribution in [3.05, 3.63) is 39.9 Å². The lowest BCUT2D eigenvalue weighted by atomic mass is 10.2. The topological polar surface area (TPSA) is 113 Å². The Morgan fingerprint density at radius 1 is 1.33 bits per heavy atom. The maximum atomic E-state index is 12.4. The van der Waals surface area contributed by atoms with Gasteiger partial charge in [-0.2, -0.15) is 0 Å². The smallest absolute Gasteiger partial charge is 0.233 e. The molecule has 2 aromatic rings. The van der Waals surface area contributed by atoms with E-state index in [2.05, 4.69) is 25.9 Å². The maximum absolute atomic E-state index is 12.4. The first-order valence-electron chi connectivity index (χ1n) is 7.29. The first-order chi connectivity index (χ1) is 11.3. The Bertz CT molecular complexity index is 912. The molecular formula is C15H16BrN5O2S. The van der Waals surface area contributed by atoms with E-state index in [-0.39, 0.29) is 29.1 Å². The van der Waals surface area contributed by atoms with Crippen LogP contribution in [0.2, 0.25) is 0 Å². The number of nitrogens with two attached hydrogens (primary N) is 1. The molecule has 1 amide bonds. The van der Waals surface area contributed by atoms with Crippen LogP contribution in [-0.2, 0) is 27.5 Å². The number of rotatable bonds is 4. The number of anilines is 2. The van der Waals surface area contributed by atoms with Gasteiger partial charge in [-0.05, 0) is 17.7 Å². The van der Waals surface area contributed by atoms with Crippen LogP contribution >= 0.6 is 15.9 Å². The Balaban J connectivity index is 2.03. The van der Waals surface area contributed by atoms with E-state index in [4.69, 9.17) is 10.5 Å². The molecular weight excluding hydrogens is 394 g/mol. The van der Waals surface area contributed by atoms with Gasteiger partial charge in [-0.25, -0.2) is 19.0 Å². The molecule has 0 bridgehead atoms. The van der Waals surface area contributed by atoms with Crippen LogP contribution in [0, 0.1) is 4.78 Å². The molecule has 0 saturated carbocycles. The van der Waals surface area contributed by atoms with E-state index in [1.807, 2.05) is 24.3 Å². The lowest BCUT2D eigenvalue weighted by Crippen LogP contribution is -2.27. The fourth-order valence-corrected chi connectivity index (χ4v) is 3.44. The molecule has 0 aliphatic carbocycles. The molecule has 9 heteroatoms. The van der Waals surface area contributed by atoms with Crippen molar-refractivity contribution in [2.45, 2.75) is 25.0 Å². The number of nitrogens with zero attached hydrogens (tertiary/aromatic N) is 3. The van der Waals surface area contributed by atoms with Gasteiger partial charge in [0.2, 0.25) is 11.1 Å². The van der Waals surface area contributed by atoms with Gasteiger partial charge in [0, 0.05) is 15.8 Å². The van der Waals surface area contributed by atoms with Gasteiger partial charge in [-0.1, -0.05) is 35.0 Å². The number of carbonyl (C=O) groups excluding carboxylic acids is 1. The monoisotopic (exact) mass is 409 g/mol. The molecule has 1 aliphatic heterocycles. The second-order valence-corrected chi connectivity index (χ2v) is 8.65. The summed E-state index contributed by atoms with van der Waals surface area (Å²) in [6.07, 6.45) is 0.114. The Labute approximate surface area is 148 Å². The van der Waals surface area contributed by atoms with Crippen molar-refractivity contribution in [1.82, 2.24) is 9.97 Å². The summed E-state index contributed by atoms with van der Waals surface area (Å²) in [5.74, 6) is 0.430. The van der Waals surface area contributed by atoms with Crippen molar-refractivity contribution in [3.63, 3.8) is 0 Å². The molecule has 0 saturated heterocycles. The van der Waals surface area contributed by atoms with E-state index >= 15 is 0 Å². The number of hydrogen-bond acceptors (Lipinski definition) is 6. The Morgan fingerprint density at radius 2 is 2.00 bits per heavy atom. The van der Waals surface area contributed by atoms with Gasteiger partial charge in [0.1, 0.15) is 21.4 Å². The zero-order chi connectivity index (χ0) is 17.5. The van der Waals surface area contributed by atoms with Gasteiger partial charge in [0.25, 0.3) is 0 Å². The number of nitrogen functional groups attached to an aromatic ring is 1. The van der Waals surface area contributed by atoms with Gasteiger partial charge in [-0.3, -0.25) is 9.69 Å². The molecule has 1 atom stereocenters. The zero-order valence-electron chi connectivity index (χ0n) is 13.0. The molecule has 24 heavy (non-hydrogen) atoms. The molecule has 2 heterocycles. The molecule has 126 valence electrons. The lowest BCUT2D eigenvalue weighted by molar-refractivity contribution is -0.117. The highest BCUT2D eigenvalue weighted by molar-refractivity contribution is 9.10. The number of nitrogens with one attached hydrogen (secondary N) is 1. The zero-order valence-corrected chi connectivity index (χ0v) is 15.4. The quantitative estimate of drug-likeness (QED) is 0.752. The van der Waals surface area contributed by atoms with Gasteiger partial charge in [0.15, 0.2) is 0 Å². The Kier molecular flexibility index (Phi) is 4.31. The first kappa shape index (κ1) is 16.8. The SMILES string of the molecule is CCS(=N)(=O)c1nc(N)c2c(n1)N(Cc1ccc(Br)cc1)C(=O)C2. The summed E-state index contributed by atoms with van der Waals surface area (Å²) in [5, 5.41) is -0.114. The predicted octanol–water partition coefficient (Wildman–Crippen LogP) is 2.34. The number of fused-ring (bicyclic) bond motifs is 1. The van der Waals surface area contributed by atoms with Gasteiger partial charge in [-0.15, -0.1) is 0 Å². The van der Waals surface area contributed by atoms with Gasteiger partial charge >= 0.3 is 0 Å². The van der Waals surface area contributed by atoms with E-state index in [1.54, 1.807) is 6.92 Å². The molecule has 0 radical (unpaired) electrons. The van der Waals surface area contributed by atoms with Crippen molar-refractivity contribution < 1.29 is 9.00 Å². The van der Waals surface area contributed by atoms with Crippen molar-refractivity contribution in [2.24, 2.45) is 0 Å². The molecule has 1 aromatic carbocycles. The van der Waals surface area contributed by atoms with Crippen LogP contribution in [0.5, 0.6) is 0 Å². The summed E-state index contributed by atoms with van der Waals surface area (Å²) in [5.41, 5.74) is 7.38. The Hall–Kier alpha value is -2.00. The number of aromatic nitrogens is 2. The van der Waals surface area contributed by atoms with E-state index in [9.17, 15) is 9.00 Å². The summed E-state index contributed by atoms with van der Waals surface area (Å²) in [6.45, 7) is 1.97. The maximum Gasteiger partial charge on any atom is 0.233 e. The van der Waals surface area contributed by atoms with E-state index in [1.165, 1.54) is 4.90 Å². The molecule has 1 aliphatic rings. The number of amides is 1. The molecule has 0 fully saturated rings. The third kappa shape index (κ3) is 3.01. The highest BCUT2D eigenvalue weighted by Gasteiger charge is 2.33. The molecule has 3 rings (SSSR count). The molecule has 1 unspecified atom stereocenters. The van der Waals surface area contributed by atoms with Crippen LogP contribution in [0.15, 0.2) is 33.9 Å². The second kappa shape index (κ2) is 6.14. The van der Waals surface area contributed by atoms with Crippen LogP contribution in [0.3, 0.4) is 0 Å². The third-order valence-electron chi connectivity index (χ3n) is 3.84. The highest BCUT2D eigenvalue weighted by atomic mass is 79.9. The molecule has 3 N–H and O–H groups in total. The van der Waals surface area contributed by atoms with Crippen LogP contribution in [-0.4, -0.2) is 25.8 Å². The number of halogens is 1. The second-order valence-electron chi connectivity index (χ2n) is 5.44. The summed E-state index contributed by atoms with van der Waals surface area (Å²) in [4.78, 5) is 22.1. The molecule has 7 nitrogen and oxygen atoms in total. The van der Waals surface area contributed by atoms with Crippen molar-refractivity contribution in [3.8, 4) is 0 Å². The van der Waals surface area contributed by atoms with E-state index in [0.717, 1.165) is 10.0 Å². The average molecular weight is 410 g/mol. The number of benzene rings is 1.